The van der Waals surface area contributed by atoms with Gasteiger partial charge in [0, 0.05) is 73.4 Å². The minimum absolute atomic E-state index is 0.117. The molecule has 0 saturated carbocycles. The predicted molar refractivity (Wildman–Crippen MR) is 134 cm³/mol. The van der Waals surface area contributed by atoms with Crippen molar-refractivity contribution in [2.45, 2.75) is 51.2 Å². The van der Waals surface area contributed by atoms with Gasteiger partial charge in [-0.3, -0.25) is 19.4 Å². The van der Waals surface area contributed by atoms with Crippen LogP contribution >= 0.6 is 0 Å². The summed E-state index contributed by atoms with van der Waals surface area (Å²) in [5, 5.41) is 7.93. The maximum atomic E-state index is 13.7. The lowest BCUT2D eigenvalue weighted by Crippen LogP contribution is -2.59. The summed E-state index contributed by atoms with van der Waals surface area (Å²) < 4.78 is 1.95. The van der Waals surface area contributed by atoms with E-state index in [2.05, 4.69) is 66.4 Å². The number of fused-ring (bicyclic) bond motifs is 1. The molecule has 1 saturated heterocycles. The van der Waals surface area contributed by atoms with Crippen molar-refractivity contribution in [3.63, 3.8) is 0 Å². The molecule has 2 aliphatic rings. The van der Waals surface area contributed by atoms with Crippen LogP contribution in [0.2, 0.25) is 0 Å². The molecule has 1 aromatic carbocycles. The van der Waals surface area contributed by atoms with Crippen LogP contribution in [0.15, 0.2) is 61.1 Å². The Morgan fingerprint density at radius 2 is 2.03 bits per heavy atom. The lowest BCUT2D eigenvalue weighted by atomic mass is 9.88. The molecule has 2 aromatic heterocycles. The molecule has 7 nitrogen and oxygen atoms in total. The number of hydrogen-bond donors (Lipinski definition) is 1. The average Bonchev–Trinajstić information content (AvgIpc) is 3.42. The number of hydrogen-bond acceptors (Lipinski definition) is 5. The highest BCUT2D eigenvalue weighted by atomic mass is 16.2. The van der Waals surface area contributed by atoms with Crippen molar-refractivity contribution >= 4 is 11.6 Å². The molecule has 0 spiro atoms. The van der Waals surface area contributed by atoms with Gasteiger partial charge in [-0.2, -0.15) is 5.10 Å². The first kappa shape index (κ1) is 22.7. The first-order chi connectivity index (χ1) is 16.4. The summed E-state index contributed by atoms with van der Waals surface area (Å²) in [5.74, 6) is 0.156. The summed E-state index contributed by atoms with van der Waals surface area (Å²) in [6, 6.07) is 15.0. The van der Waals surface area contributed by atoms with E-state index in [1.807, 2.05) is 34.1 Å². The smallest absolute Gasteiger partial charge is 0.241 e. The van der Waals surface area contributed by atoms with Gasteiger partial charge in [-0.15, -0.1) is 0 Å². The van der Waals surface area contributed by atoms with Crippen LogP contribution in [-0.2, 0) is 23.2 Å². The van der Waals surface area contributed by atoms with Crippen LogP contribution < -0.4 is 10.2 Å². The molecule has 178 valence electrons. The van der Waals surface area contributed by atoms with Crippen molar-refractivity contribution in [3.05, 3.63) is 77.9 Å². The van der Waals surface area contributed by atoms with E-state index in [0.29, 0.717) is 19.1 Å². The molecule has 1 amide bonds. The fourth-order valence-electron chi connectivity index (χ4n) is 5.21. The number of anilines is 1. The third kappa shape index (κ3) is 4.76. The SMILES string of the molecule is CC1CN(CC(=O)N2CC(C)(C)c3cnc(Cc4ccccc4)cc32)C(Cn2cccn2)CN1. The quantitative estimate of drug-likeness (QED) is 0.615. The van der Waals surface area contributed by atoms with Gasteiger partial charge in [-0.25, -0.2) is 0 Å². The summed E-state index contributed by atoms with van der Waals surface area (Å²) in [5.41, 5.74) is 4.27. The molecule has 2 unspecified atom stereocenters. The van der Waals surface area contributed by atoms with E-state index in [4.69, 9.17) is 4.98 Å². The molecule has 2 aliphatic heterocycles. The van der Waals surface area contributed by atoms with Crippen LogP contribution in [0.1, 0.15) is 37.6 Å². The van der Waals surface area contributed by atoms with Gasteiger partial charge >= 0.3 is 0 Å². The number of aromatic nitrogens is 3. The third-order valence-corrected chi connectivity index (χ3v) is 7.06. The molecule has 3 aromatic rings. The monoisotopic (exact) mass is 458 g/mol. The molecule has 2 atom stereocenters. The molecule has 7 heteroatoms. The summed E-state index contributed by atoms with van der Waals surface area (Å²) in [4.78, 5) is 22.8. The standard InChI is InChI=1S/C27H34N6O/c1-20-16-31(23(14-28-20)17-32-11-7-10-30-32)18-26(34)33-19-27(2,3)24-15-29-22(13-25(24)33)12-21-8-5-4-6-9-21/h4-11,13,15,20,23,28H,12,14,16-19H2,1-3H3. The molecular formula is C27H34N6O. The average molecular weight is 459 g/mol. The maximum Gasteiger partial charge on any atom is 0.241 e. The van der Waals surface area contributed by atoms with E-state index in [9.17, 15) is 4.79 Å². The van der Waals surface area contributed by atoms with Gasteiger partial charge in [0.15, 0.2) is 0 Å². The topological polar surface area (TPSA) is 66.3 Å². The Morgan fingerprint density at radius 1 is 1.21 bits per heavy atom. The van der Waals surface area contributed by atoms with E-state index >= 15 is 0 Å². The zero-order chi connectivity index (χ0) is 23.7. The normalized spacial score (nSPS) is 22.0. The summed E-state index contributed by atoms with van der Waals surface area (Å²) in [6.07, 6.45) is 6.53. The van der Waals surface area contributed by atoms with Gasteiger partial charge in [-0.05, 0) is 24.6 Å². The van der Waals surface area contributed by atoms with Crippen LogP contribution in [0, 0.1) is 0 Å². The van der Waals surface area contributed by atoms with E-state index in [1.54, 1.807) is 6.20 Å². The van der Waals surface area contributed by atoms with E-state index < -0.39 is 0 Å². The zero-order valence-electron chi connectivity index (χ0n) is 20.3. The van der Waals surface area contributed by atoms with Gasteiger partial charge in [-0.1, -0.05) is 44.2 Å². The minimum atomic E-state index is -0.117. The number of nitrogens with zero attached hydrogens (tertiary/aromatic N) is 5. The Balaban J connectivity index is 1.36. The summed E-state index contributed by atoms with van der Waals surface area (Å²) in [6.45, 7) is 10.1. The van der Waals surface area contributed by atoms with Crippen molar-refractivity contribution < 1.29 is 4.79 Å². The summed E-state index contributed by atoms with van der Waals surface area (Å²) >= 11 is 0. The fourth-order valence-corrected chi connectivity index (χ4v) is 5.21. The lowest BCUT2D eigenvalue weighted by Gasteiger charge is -2.39. The molecule has 34 heavy (non-hydrogen) atoms. The van der Waals surface area contributed by atoms with Crippen molar-refractivity contribution in [3.8, 4) is 0 Å². The first-order valence-corrected chi connectivity index (χ1v) is 12.2. The second-order valence-corrected chi connectivity index (χ2v) is 10.3. The van der Waals surface area contributed by atoms with E-state index in [1.165, 1.54) is 5.56 Å². The molecule has 1 fully saturated rings. The number of rotatable bonds is 6. The molecule has 0 radical (unpaired) electrons. The Bertz CT molecular complexity index is 1130. The van der Waals surface area contributed by atoms with Crippen molar-refractivity contribution in [2.75, 3.05) is 31.1 Å². The van der Waals surface area contributed by atoms with E-state index in [-0.39, 0.29) is 17.4 Å². The van der Waals surface area contributed by atoms with Gasteiger partial charge in [0.05, 0.1) is 18.8 Å². The number of pyridine rings is 1. The van der Waals surface area contributed by atoms with Crippen LogP contribution in [0.5, 0.6) is 0 Å². The Kier molecular flexibility index (Phi) is 6.23. The number of amides is 1. The van der Waals surface area contributed by atoms with Gasteiger partial charge < -0.3 is 10.2 Å². The highest BCUT2D eigenvalue weighted by Crippen LogP contribution is 2.40. The highest BCUT2D eigenvalue weighted by Gasteiger charge is 2.39. The highest BCUT2D eigenvalue weighted by molar-refractivity contribution is 5.97. The van der Waals surface area contributed by atoms with E-state index in [0.717, 1.165) is 43.0 Å². The number of piperazine rings is 1. The van der Waals surface area contributed by atoms with Crippen LogP contribution in [0.3, 0.4) is 0 Å². The summed E-state index contributed by atoms with van der Waals surface area (Å²) in [7, 11) is 0. The Hall–Kier alpha value is -3.03. The number of benzene rings is 1. The molecular weight excluding hydrogens is 424 g/mol. The van der Waals surface area contributed by atoms with Crippen LogP contribution in [0.25, 0.3) is 0 Å². The molecule has 4 heterocycles. The molecule has 0 aliphatic carbocycles. The predicted octanol–water partition coefficient (Wildman–Crippen LogP) is 2.86. The molecule has 1 N–H and O–H groups in total. The van der Waals surface area contributed by atoms with Gasteiger partial charge in [0.2, 0.25) is 5.91 Å². The first-order valence-electron chi connectivity index (χ1n) is 12.2. The van der Waals surface area contributed by atoms with Crippen molar-refractivity contribution in [1.29, 1.82) is 0 Å². The Morgan fingerprint density at radius 3 is 2.79 bits per heavy atom. The largest absolute Gasteiger partial charge is 0.311 e. The lowest BCUT2D eigenvalue weighted by molar-refractivity contribution is -0.120. The second kappa shape index (κ2) is 9.31. The van der Waals surface area contributed by atoms with Gasteiger partial charge in [0.1, 0.15) is 0 Å². The second-order valence-electron chi connectivity index (χ2n) is 10.3. The van der Waals surface area contributed by atoms with Crippen LogP contribution in [-0.4, -0.2) is 63.8 Å². The number of nitrogens with one attached hydrogen (secondary N) is 1. The number of carbonyl (C=O) groups excluding carboxylic acids is 1. The zero-order valence-corrected chi connectivity index (χ0v) is 20.3. The Labute approximate surface area is 201 Å². The third-order valence-electron chi connectivity index (χ3n) is 7.06. The van der Waals surface area contributed by atoms with Crippen molar-refractivity contribution in [1.82, 2.24) is 25.0 Å². The fraction of sp³-hybridized carbons (Fsp3) is 0.444. The van der Waals surface area contributed by atoms with Crippen LogP contribution in [0.4, 0.5) is 5.69 Å². The number of carbonyl (C=O) groups is 1. The molecule has 0 bridgehead atoms. The van der Waals surface area contributed by atoms with Gasteiger partial charge in [0.25, 0.3) is 0 Å². The molecule has 5 rings (SSSR count). The van der Waals surface area contributed by atoms with Crippen molar-refractivity contribution in [2.24, 2.45) is 0 Å². The maximum absolute atomic E-state index is 13.7. The minimum Gasteiger partial charge on any atom is -0.311 e.